The van der Waals surface area contributed by atoms with E-state index >= 15 is 0 Å². The van der Waals surface area contributed by atoms with Gasteiger partial charge in [-0.05, 0) is 46.5 Å². The van der Waals surface area contributed by atoms with Gasteiger partial charge in [0, 0.05) is 12.1 Å². The molecule has 0 radical (unpaired) electrons. The number of hydrogen-bond acceptors (Lipinski definition) is 3. The first kappa shape index (κ1) is 17.1. The molecule has 1 aliphatic rings. The van der Waals surface area contributed by atoms with Crippen molar-refractivity contribution in [3.63, 3.8) is 0 Å². The fraction of sp³-hybridized carbons (Fsp3) is 0.923. The third-order valence-electron chi connectivity index (χ3n) is 3.04. The van der Waals surface area contributed by atoms with Gasteiger partial charge in [-0.2, -0.15) is 13.2 Å². The minimum absolute atomic E-state index is 0.0196. The van der Waals surface area contributed by atoms with Crippen LogP contribution in [-0.2, 0) is 4.74 Å². The van der Waals surface area contributed by atoms with Crippen LogP contribution in [0.25, 0.3) is 0 Å². The largest absolute Gasteiger partial charge is 0.444 e. The maximum atomic E-state index is 12.1. The standard InChI is InChI=1S/C13H23F3N2O2/c1-12(2,3)20-11(19)18-10-6-4-9(5-7-10)17-8-13(14,15)16/h9-10,17H,4-8H2,1-3H3,(H,18,19)/t9-,10-. The topological polar surface area (TPSA) is 50.4 Å². The van der Waals surface area contributed by atoms with Gasteiger partial charge in [-0.25, -0.2) is 4.79 Å². The highest BCUT2D eigenvalue weighted by Crippen LogP contribution is 2.21. The lowest BCUT2D eigenvalue weighted by Crippen LogP contribution is -2.45. The smallest absolute Gasteiger partial charge is 0.407 e. The van der Waals surface area contributed by atoms with Gasteiger partial charge >= 0.3 is 12.3 Å². The van der Waals surface area contributed by atoms with E-state index in [1.54, 1.807) is 20.8 Å². The Balaban J connectivity index is 2.24. The summed E-state index contributed by atoms with van der Waals surface area (Å²) in [5, 5.41) is 5.26. The van der Waals surface area contributed by atoms with Gasteiger partial charge in [0.25, 0.3) is 0 Å². The molecule has 1 fully saturated rings. The van der Waals surface area contributed by atoms with Crippen molar-refractivity contribution in [2.24, 2.45) is 0 Å². The van der Waals surface area contributed by atoms with Gasteiger partial charge in [-0.15, -0.1) is 0 Å². The fourth-order valence-corrected chi connectivity index (χ4v) is 2.18. The van der Waals surface area contributed by atoms with Crippen LogP contribution in [0.2, 0.25) is 0 Å². The van der Waals surface area contributed by atoms with Gasteiger partial charge in [0.05, 0.1) is 6.54 Å². The second-order valence-corrected chi connectivity index (χ2v) is 6.19. The SMILES string of the molecule is CC(C)(C)OC(=O)N[C@H]1CC[C@H](NCC(F)(F)F)CC1. The Bertz CT molecular complexity index is 319. The van der Waals surface area contributed by atoms with Crippen LogP contribution < -0.4 is 10.6 Å². The minimum atomic E-state index is -4.17. The Morgan fingerprint density at radius 1 is 1.10 bits per heavy atom. The molecular weight excluding hydrogens is 273 g/mol. The van der Waals surface area contributed by atoms with Crippen LogP contribution in [0.4, 0.5) is 18.0 Å². The summed E-state index contributed by atoms with van der Waals surface area (Å²) in [4.78, 5) is 11.6. The lowest BCUT2D eigenvalue weighted by molar-refractivity contribution is -0.126. The number of carbonyl (C=O) groups is 1. The number of rotatable bonds is 3. The van der Waals surface area contributed by atoms with E-state index in [0.29, 0.717) is 25.7 Å². The minimum Gasteiger partial charge on any atom is -0.444 e. The number of halogens is 3. The van der Waals surface area contributed by atoms with Gasteiger partial charge < -0.3 is 15.4 Å². The van der Waals surface area contributed by atoms with Crippen LogP contribution in [0.3, 0.4) is 0 Å². The molecule has 0 spiro atoms. The monoisotopic (exact) mass is 296 g/mol. The number of nitrogens with one attached hydrogen (secondary N) is 2. The Morgan fingerprint density at radius 2 is 1.60 bits per heavy atom. The van der Waals surface area contributed by atoms with Crippen LogP contribution in [0.15, 0.2) is 0 Å². The summed E-state index contributed by atoms with van der Waals surface area (Å²) in [7, 11) is 0. The molecule has 20 heavy (non-hydrogen) atoms. The van der Waals surface area contributed by atoms with E-state index in [-0.39, 0.29) is 12.1 Å². The van der Waals surface area contributed by atoms with Crippen molar-refractivity contribution in [2.45, 2.75) is 70.3 Å². The van der Waals surface area contributed by atoms with E-state index in [1.807, 2.05) is 0 Å². The normalized spacial score (nSPS) is 24.3. The van der Waals surface area contributed by atoms with Gasteiger partial charge in [-0.1, -0.05) is 0 Å². The molecule has 4 nitrogen and oxygen atoms in total. The van der Waals surface area contributed by atoms with Crippen LogP contribution in [0.1, 0.15) is 46.5 Å². The molecule has 118 valence electrons. The van der Waals surface area contributed by atoms with Crippen LogP contribution in [0.5, 0.6) is 0 Å². The van der Waals surface area contributed by atoms with E-state index in [2.05, 4.69) is 10.6 Å². The summed E-state index contributed by atoms with van der Waals surface area (Å²) in [6.45, 7) is 4.39. The van der Waals surface area contributed by atoms with E-state index in [9.17, 15) is 18.0 Å². The Hall–Kier alpha value is -0.980. The van der Waals surface area contributed by atoms with Gasteiger partial charge in [-0.3, -0.25) is 0 Å². The molecule has 1 saturated carbocycles. The third-order valence-corrected chi connectivity index (χ3v) is 3.04. The first-order valence-corrected chi connectivity index (χ1v) is 6.85. The molecule has 0 aromatic rings. The summed E-state index contributed by atoms with van der Waals surface area (Å²) < 4.78 is 41.4. The molecule has 0 aromatic carbocycles. The van der Waals surface area contributed by atoms with Crippen molar-refractivity contribution in [1.82, 2.24) is 10.6 Å². The van der Waals surface area contributed by atoms with Crippen molar-refractivity contribution >= 4 is 6.09 Å². The van der Waals surface area contributed by atoms with Crippen molar-refractivity contribution in [2.75, 3.05) is 6.54 Å². The first-order valence-electron chi connectivity index (χ1n) is 6.85. The zero-order valence-electron chi connectivity index (χ0n) is 12.1. The molecule has 0 bridgehead atoms. The van der Waals surface area contributed by atoms with Crippen molar-refractivity contribution in [3.05, 3.63) is 0 Å². The first-order chi connectivity index (χ1) is 9.05. The summed E-state index contributed by atoms with van der Waals surface area (Å²) in [5.41, 5.74) is -0.546. The number of alkyl carbamates (subject to hydrolysis) is 1. The van der Waals surface area contributed by atoms with Gasteiger partial charge in [0.2, 0.25) is 0 Å². The zero-order chi connectivity index (χ0) is 15.4. The zero-order valence-corrected chi connectivity index (χ0v) is 12.1. The van der Waals surface area contributed by atoms with Gasteiger partial charge in [0.1, 0.15) is 5.60 Å². The van der Waals surface area contributed by atoms with E-state index < -0.39 is 24.4 Å². The summed E-state index contributed by atoms with van der Waals surface area (Å²) in [6, 6.07) is -0.151. The molecule has 1 rings (SSSR count). The molecule has 0 atom stereocenters. The summed E-state index contributed by atoms with van der Waals surface area (Å²) in [6.07, 6.45) is -2.08. The average Bonchev–Trinajstić information content (AvgIpc) is 2.24. The molecule has 0 heterocycles. The molecule has 0 saturated heterocycles. The summed E-state index contributed by atoms with van der Waals surface area (Å²) >= 11 is 0. The lowest BCUT2D eigenvalue weighted by Gasteiger charge is -2.30. The highest BCUT2D eigenvalue weighted by Gasteiger charge is 2.30. The maximum absolute atomic E-state index is 12.1. The second kappa shape index (κ2) is 6.65. The van der Waals surface area contributed by atoms with E-state index in [4.69, 9.17) is 4.74 Å². The Morgan fingerprint density at radius 3 is 2.05 bits per heavy atom. The lowest BCUT2D eigenvalue weighted by atomic mass is 9.91. The van der Waals surface area contributed by atoms with Crippen molar-refractivity contribution < 1.29 is 22.7 Å². The Labute approximate surface area is 117 Å². The van der Waals surface area contributed by atoms with Crippen LogP contribution in [0, 0.1) is 0 Å². The number of ether oxygens (including phenoxy) is 1. The quantitative estimate of drug-likeness (QED) is 0.842. The predicted molar refractivity (Wildman–Crippen MR) is 69.5 cm³/mol. The summed E-state index contributed by atoms with van der Waals surface area (Å²) in [5.74, 6) is 0. The number of hydrogen-bond donors (Lipinski definition) is 2. The highest BCUT2D eigenvalue weighted by molar-refractivity contribution is 5.68. The molecule has 0 aromatic heterocycles. The van der Waals surface area contributed by atoms with E-state index in [0.717, 1.165) is 0 Å². The predicted octanol–water partition coefficient (Wildman–Crippen LogP) is 2.97. The molecule has 0 aliphatic heterocycles. The molecule has 7 heteroatoms. The maximum Gasteiger partial charge on any atom is 0.407 e. The number of alkyl halides is 3. The van der Waals surface area contributed by atoms with Crippen molar-refractivity contribution in [1.29, 1.82) is 0 Å². The second-order valence-electron chi connectivity index (χ2n) is 6.19. The van der Waals surface area contributed by atoms with Crippen LogP contribution in [-0.4, -0.2) is 36.5 Å². The van der Waals surface area contributed by atoms with Crippen molar-refractivity contribution in [3.8, 4) is 0 Å². The third kappa shape index (κ3) is 7.57. The molecule has 1 amide bonds. The van der Waals surface area contributed by atoms with E-state index in [1.165, 1.54) is 0 Å². The molecule has 2 N–H and O–H groups in total. The molecule has 1 aliphatic carbocycles. The molecular formula is C13H23F3N2O2. The molecule has 0 unspecified atom stereocenters. The fourth-order valence-electron chi connectivity index (χ4n) is 2.18. The Kier molecular flexibility index (Phi) is 5.68. The number of carbonyl (C=O) groups excluding carboxylic acids is 1. The number of amides is 1. The highest BCUT2D eigenvalue weighted by atomic mass is 19.4. The average molecular weight is 296 g/mol. The van der Waals surface area contributed by atoms with Crippen LogP contribution >= 0.6 is 0 Å². The van der Waals surface area contributed by atoms with Gasteiger partial charge in [0.15, 0.2) is 0 Å².